The number of amides is 2. The first-order chi connectivity index (χ1) is 13.7. The van der Waals surface area contributed by atoms with E-state index in [2.05, 4.69) is 5.32 Å². The number of nitrogens with one attached hydrogen (secondary N) is 1. The molecular weight excluding hydrogens is 401 g/mol. The fourth-order valence-corrected chi connectivity index (χ4v) is 3.98. The molecule has 2 aromatic carbocycles. The standard InChI is InChI=1S/C21H21F3N2O2S/c1-14-12-16(20(28)26-8-10-29-11-9-26)4-7-18(14)25-19(27)13-15-2-5-17(6-3-15)21(22,23)24/h2-7,12H,8-11,13H2,1H3,(H,25,27). The molecule has 4 nitrogen and oxygen atoms in total. The maximum atomic E-state index is 12.6. The minimum atomic E-state index is -4.40. The predicted molar refractivity (Wildman–Crippen MR) is 108 cm³/mol. The lowest BCUT2D eigenvalue weighted by molar-refractivity contribution is -0.137. The molecule has 8 heteroatoms. The zero-order valence-corrected chi connectivity index (χ0v) is 16.7. The van der Waals surface area contributed by atoms with Crippen LogP contribution < -0.4 is 5.32 Å². The molecule has 0 saturated carbocycles. The molecule has 1 fully saturated rings. The molecule has 1 saturated heterocycles. The first-order valence-corrected chi connectivity index (χ1v) is 10.3. The first kappa shape index (κ1) is 21.2. The zero-order chi connectivity index (χ0) is 21.0. The summed E-state index contributed by atoms with van der Waals surface area (Å²) in [5, 5.41) is 2.76. The lowest BCUT2D eigenvalue weighted by Crippen LogP contribution is -2.37. The topological polar surface area (TPSA) is 49.4 Å². The van der Waals surface area contributed by atoms with E-state index < -0.39 is 11.7 Å². The Hall–Kier alpha value is -2.48. The maximum absolute atomic E-state index is 12.6. The highest BCUT2D eigenvalue weighted by molar-refractivity contribution is 7.99. The van der Waals surface area contributed by atoms with Gasteiger partial charge in [-0.3, -0.25) is 9.59 Å². The summed E-state index contributed by atoms with van der Waals surface area (Å²) >= 11 is 1.83. The molecular formula is C21H21F3N2O2S. The number of rotatable bonds is 4. The van der Waals surface area contributed by atoms with Crippen LogP contribution in [0.5, 0.6) is 0 Å². The Bertz CT molecular complexity index is 892. The molecule has 1 N–H and O–H groups in total. The van der Waals surface area contributed by atoms with E-state index in [-0.39, 0.29) is 18.2 Å². The van der Waals surface area contributed by atoms with Gasteiger partial charge in [0, 0.05) is 35.8 Å². The Labute approximate surface area is 171 Å². The second-order valence-electron chi connectivity index (χ2n) is 6.85. The van der Waals surface area contributed by atoms with Gasteiger partial charge in [-0.2, -0.15) is 24.9 Å². The SMILES string of the molecule is Cc1cc(C(=O)N2CCSCC2)ccc1NC(=O)Cc1ccc(C(F)(F)F)cc1. The number of hydrogen-bond acceptors (Lipinski definition) is 3. The van der Waals surface area contributed by atoms with Crippen LogP contribution in [0.1, 0.15) is 27.0 Å². The van der Waals surface area contributed by atoms with Crippen LogP contribution in [-0.2, 0) is 17.4 Å². The third kappa shape index (κ3) is 5.53. The van der Waals surface area contributed by atoms with Crippen molar-refractivity contribution >= 4 is 29.3 Å². The molecule has 0 unspecified atom stereocenters. The summed E-state index contributed by atoms with van der Waals surface area (Å²) in [6.45, 7) is 3.26. The first-order valence-electron chi connectivity index (χ1n) is 9.18. The largest absolute Gasteiger partial charge is 0.416 e. The van der Waals surface area contributed by atoms with Crippen LogP contribution in [-0.4, -0.2) is 41.3 Å². The van der Waals surface area contributed by atoms with Crippen molar-refractivity contribution < 1.29 is 22.8 Å². The van der Waals surface area contributed by atoms with Crippen LogP contribution in [0.25, 0.3) is 0 Å². The summed E-state index contributed by atoms with van der Waals surface area (Å²) in [7, 11) is 0. The van der Waals surface area contributed by atoms with E-state index in [1.807, 2.05) is 16.7 Å². The van der Waals surface area contributed by atoms with E-state index in [0.717, 1.165) is 42.3 Å². The van der Waals surface area contributed by atoms with Crippen LogP contribution >= 0.6 is 11.8 Å². The molecule has 0 atom stereocenters. The highest BCUT2D eigenvalue weighted by Gasteiger charge is 2.30. The number of nitrogens with zero attached hydrogens (tertiary/aromatic N) is 1. The van der Waals surface area contributed by atoms with Crippen molar-refractivity contribution in [3.8, 4) is 0 Å². The maximum Gasteiger partial charge on any atom is 0.416 e. The van der Waals surface area contributed by atoms with Gasteiger partial charge in [0.2, 0.25) is 5.91 Å². The Morgan fingerprint density at radius 3 is 2.31 bits per heavy atom. The summed E-state index contributed by atoms with van der Waals surface area (Å²) in [6.07, 6.45) is -4.44. The van der Waals surface area contributed by atoms with Crippen LogP contribution in [0.3, 0.4) is 0 Å². The second-order valence-corrected chi connectivity index (χ2v) is 8.08. The zero-order valence-electron chi connectivity index (χ0n) is 15.9. The van der Waals surface area contributed by atoms with E-state index in [0.29, 0.717) is 16.8 Å². The third-order valence-electron chi connectivity index (χ3n) is 4.69. The number of thioether (sulfide) groups is 1. The Kier molecular flexibility index (Phi) is 6.52. The minimum absolute atomic E-state index is 0.0176. The minimum Gasteiger partial charge on any atom is -0.337 e. The van der Waals surface area contributed by atoms with Crippen molar-refractivity contribution in [1.29, 1.82) is 0 Å². The number of alkyl halides is 3. The van der Waals surface area contributed by atoms with Crippen molar-refractivity contribution in [2.75, 3.05) is 29.9 Å². The fraction of sp³-hybridized carbons (Fsp3) is 0.333. The summed E-state index contributed by atoms with van der Waals surface area (Å²) in [5.41, 5.74) is 1.65. The van der Waals surface area contributed by atoms with Gasteiger partial charge in [-0.25, -0.2) is 0 Å². The summed E-state index contributed by atoms with van der Waals surface area (Å²) in [4.78, 5) is 26.7. The number of hydrogen-bond donors (Lipinski definition) is 1. The van der Waals surface area contributed by atoms with Crippen molar-refractivity contribution in [1.82, 2.24) is 4.90 Å². The second kappa shape index (κ2) is 8.90. The average Bonchev–Trinajstić information content (AvgIpc) is 2.69. The molecule has 0 aliphatic carbocycles. The molecule has 1 heterocycles. The molecule has 0 aromatic heterocycles. The summed E-state index contributed by atoms with van der Waals surface area (Å²) in [6, 6.07) is 9.65. The van der Waals surface area contributed by atoms with Gasteiger partial charge >= 0.3 is 6.18 Å². The molecule has 2 aromatic rings. The van der Waals surface area contributed by atoms with E-state index in [1.54, 1.807) is 25.1 Å². The van der Waals surface area contributed by atoms with Crippen molar-refractivity contribution in [2.24, 2.45) is 0 Å². The number of benzene rings is 2. The molecule has 0 spiro atoms. The van der Waals surface area contributed by atoms with E-state index in [9.17, 15) is 22.8 Å². The smallest absolute Gasteiger partial charge is 0.337 e. The lowest BCUT2D eigenvalue weighted by Gasteiger charge is -2.26. The number of carbonyl (C=O) groups is 2. The van der Waals surface area contributed by atoms with E-state index >= 15 is 0 Å². The van der Waals surface area contributed by atoms with Gasteiger partial charge in [-0.05, 0) is 48.4 Å². The normalized spacial score (nSPS) is 14.6. The van der Waals surface area contributed by atoms with Crippen LogP contribution in [0.4, 0.5) is 18.9 Å². The molecule has 0 bridgehead atoms. The summed E-state index contributed by atoms with van der Waals surface area (Å²) < 4.78 is 37.8. The number of aryl methyl sites for hydroxylation is 1. The van der Waals surface area contributed by atoms with Crippen LogP contribution in [0.15, 0.2) is 42.5 Å². The number of anilines is 1. The Balaban J connectivity index is 1.62. The quantitative estimate of drug-likeness (QED) is 0.795. The monoisotopic (exact) mass is 422 g/mol. The molecule has 1 aliphatic rings. The Morgan fingerprint density at radius 1 is 1.07 bits per heavy atom. The highest BCUT2D eigenvalue weighted by Crippen LogP contribution is 2.29. The van der Waals surface area contributed by atoms with Gasteiger partial charge in [-0.1, -0.05) is 12.1 Å². The summed E-state index contributed by atoms with van der Waals surface area (Å²) in [5.74, 6) is 1.52. The molecule has 154 valence electrons. The highest BCUT2D eigenvalue weighted by atomic mass is 32.2. The Morgan fingerprint density at radius 2 is 1.72 bits per heavy atom. The van der Waals surface area contributed by atoms with Crippen molar-refractivity contribution in [3.63, 3.8) is 0 Å². The van der Waals surface area contributed by atoms with Gasteiger partial charge in [0.15, 0.2) is 0 Å². The molecule has 0 radical (unpaired) electrons. The molecule has 2 amide bonds. The van der Waals surface area contributed by atoms with E-state index in [1.165, 1.54) is 12.1 Å². The van der Waals surface area contributed by atoms with Crippen LogP contribution in [0, 0.1) is 6.92 Å². The molecule has 29 heavy (non-hydrogen) atoms. The predicted octanol–water partition coefficient (Wildman–Crippen LogP) is 4.38. The number of carbonyl (C=O) groups excluding carboxylic acids is 2. The molecule has 3 rings (SSSR count). The van der Waals surface area contributed by atoms with Crippen molar-refractivity contribution in [3.05, 3.63) is 64.7 Å². The molecule has 1 aliphatic heterocycles. The third-order valence-corrected chi connectivity index (χ3v) is 5.63. The fourth-order valence-electron chi connectivity index (χ4n) is 3.08. The lowest BCUT2D eigenvalue weighted by atomic mass is 10.1. The van der Waals surface area contributed by atoms with Gasteiger partial charge in [0.25, 0.3) is 5.91 Å². The van der Waals surface area contributed by atoms with Gasteiger partial charge in [0.1, 0.15) is 0 Å². The van der Waals surface area contributed by atoms with Crippen molar-refractivity contribution in [2.45, 2.75) is 19.5 Å². The average molecular weight is 422 g/mol. The van der Waals surface area contributed by atoms with Crippen LogP contribution in [0.2, 0.25) is 0 Å². The van der Waals surface area contributed by atoms with Gasteiger partial charge in [0.05, 0.1) is 12.0 Å². The van der Waals surface area contributed by atoms with Gasteiger partial charge < -0.3 is 10.2 Å². The van der Waals surface area contributed by atoms with Gasteiger partial charge in [-0.15, -0.1) is 0 Å². The van der Waals surface area contributed by atoms with E-state index in [4.69, 9.17) is 0 Å². The number of halogens is 3.